The predicted molar refractivity (Wildman–Crippen MR) is 165 cm³/mol. The first-order valence-corrected chi connectivity index (χ1v) is 18.0. The summed E-state index contributed by atoms with van der Waals surface area (Å²) in [6, 6.07) is 0. The molecule has 0 aromatic carbocycles. The number of halogens is 6. The van der Waals surface area contributed by atoms with Gasteiger partial charge in [-0.25, -0.2) is 0 Å². The van der Waals surface area contributed by atoms with E-state index in [-0.39, 0.29) is 28.1 Å². The first kappa shape index (κ1) is 38.6. The minimum Gasteiger partial charge on any atom is -0.368 e. The molecule has 0 spiro atoms. The molecule has 10 unspecified atom stereocenters. The minimum atomic E-state index is -6.10. The van der Waals surface area contributed by atoms with Gasteiger partial charge in [-0.05, 0) is 121 Å². The Hall–Kier alpha value is -0.660. The summed E-state index contributed by atoms with van der Waals surface area (Å²) in [5, 5.41) is 51.0. The smallest absolute Gasteiger partial charge is 0.368 e. The Bertz CT molecular complexity index is 1170. The monoisotopic (exact) mass is 700 g/mol. The van der Waals surface area contributed by atoms with Gasteiger partial charge in [-0.1, -0.05) is 48.5 Å². The number of ether oxygens (including phenoxy) is 1. The van der Waals surface area contributed by atoms with Gasteiger partial charge in [0.25, 0.3) is 0 Å². The lowest BCUT2D eigenvalue weighted by atomic mass is 9.32. The van der Waals surface area contributed by atoms with Crippen molar-refractivity contribution in [3.63, 3.8) is 0 Å². The van der Waals surface area contributed by atoms with E-state index in [1.165, 1.54) is 0 Å². The first-order chi connectivity index (χ1) is 21.8. The van der Waals surface area contributed by atoms with Crippen LogP contribution in [0.25, 0.3) is 0 Å². The standard InChI is InChI=1S/C36H58F6O6/c1-19(2)20-10-15-33(27(44)45)17-16-31(6)21(26(20)33)8-9-23-30(5)13-12-24(29(3,4)22(30)11-14-32(23,31)7)48-25(43)18-34(28(46)47,35(37,38)39)36(40,41)42/h19-28,43-47H,8-18H2,1-7H3/t20?,21?,22?,23?,24?,25?,26?,30?,31-,32?,33?/m0/s1. The van der Waals surface area contributed by atoms with E-state index in [1.54, 1.807) is 0 Å². The van der Waals surface area contributed by atoms with Gasteiger partial charge in [-0.2, -0.15) is 26.3 Å². The van der Waals surface area contributed by atoms with Gasteiger partial charge in [0.1, 0.15) is 0 Å². The van der Waals surface area contributed by atoms with Crippen LogP contribution in [0.2, 0.25) is 0 Å². The molecule has 0 amide bonds. The van der Waals surface area contributed by atoms with Gasteiger partial charge >= 0.3 is 12.4 Å². The second-order valence-corrected chi connectivity index (χ2v) is 18.2. The van der Waals surface area contributed by atoms with E-state index >= 15 is 0 Å². The van der Waals surface area contributed by atoms with E-state index < -0.39 is 60.0 Å². The molecule has 5 aliphatic carbocycles. The van der Waals surface area contributed by atoms with Gasteiger partial charge in [0.15, 0.2) is 18.9 Å². The molecule has 0 radical (unpaired) electrons. The third-order valence-corrected chi connectivity index (χ3v) is 16.1. The highest BCUT2D eigenvalue weighted by Gasteiger charge is 2.76. The second kappa shape index (κ2) is 11.9. The van der Waals surface area contributed by atoms with Crippen LogP contribution in [-0.2, 0) is 4.74 Å². The number of rotatable bonds is 7. The molecule has 6 nitrogen and oxygen atoms in total. The number of alkyl halides is 6. The summed E-state index contributed by atoms with van der Waals surface area (Å²) in [4.78, 5) is 0. The molecule has 5 N–H and O–H groups in total. The zero-order chi connectivity index (χ0) is 36.3. The summed E-state index contributed by atoms with van der Waals surface area (Å²) in [5.41, 5.74) is -6.45. The Morgan fingerprint density at radius 1 is 0.688 bits per heavy atom. The molecular formula is C36H58F6O6. The van der Waals surface area contributed by atoms with Gasteiger partial charge in [-0.15, -0.1) is 0 Å². The Kier molecular flexibility index (Phi) is 9.59. The minimum absolute atomic E-state index is 0.0180. The maximum atomic E-state index is 13.8. The van der Waals surface area contributed by atoms with Crippen molar-refractivity contribution < 1.29 is 56.6 Å². The van der Waals surface area contributed by atoms with E-state index in [2.05, 4.69) is 34.6 Å². The van der Waals surface area contributed by atoms with Crippen molar-refractivity contribution in [3.05, 3.63) is 0 Å². The van der Waals surface area contributed by atoms with Crippen LogP contribution < -0.4 is 0 Å². The number of hydrogen-bond acceptors (Lipinski definition) is 6. The molecule has 5 aliphatic rings. The molecule has 12 heteroatoms. The fourth-order valence-corrected chi connectivity index (χ4v) is 13.4. The van der Waals surface area contributed by atoms with Crippen molar-refractivity contribution in [3.8, 4) is 0 Å². The van der Waals surface area contributed by atoms with Crippen molar-refractivity contribution in [2.45, 2.75) is 156 Å². The maximum Gasteiger partial charge on any atom is 0.408 e. The topological polar surface area (TPSA) is 110 Å². The fourth-order valence-electron chi connectivity index (χ4n) is 13.4. The number of aliphatic hydroxyl groups excluding tert-OH is 3. The lowest BCUT2D eigenvalue weighted by Gasteiger charge is -2.73. The Balaban J connectivity index is 1.40. The molecule has 280 valence electrons. The summed E-state index contributed by atoms with van der Waals surface area (Å²) in [5.74, 6) is 1.73. The average molecular weight is 701 g/mol. The molecule has 5 fully saturated rings. The number of hydrogen-bond donors (Lipinski definition) is 5. The molecule has 0 aromatic rings. The maximum absolute atomic E-state index is 13.8. The molecule has 11 atom stereocenters. The first-order valence-electron chi connectivity index (χ1n) is 18.0. The lowest BCUT2D eigenvalue weighted by Crippen LogP contribution is -2.67. The largest absolute Gasteiger partial charge is 0.408 e. The summed E-state index contributed by atoms with van der Waals surface area (Å²) < 4.78 is 88.4. The zero-order valence-electron chi connectivity index (χ0n) is 29.5. The summed E-state index contributed by atoms with van der Waals surface area (Å²) in [7, 11) is 0. The van der Waals surface area contributed by atoms with Gasteiger partial charge in [0, 0.05) is 11.8 Å². The number of aliphatic hydroxyl groups is 5. The molecule has 0 aromatic heterocycles. The lowest BCUT2D eigenvalue weighted by molar-refractivity contribution is -0.407. The highest BCUT2D eigenvalue weighted by Crippen LogP contribution is 2.78. The van der Waals surface area contributed by atoms with Crippen LogP contribution in [0.15, 0.2) is 0 Å². The van der Waals surface area contributed by atoms with Crippen LogP contribution in [0, 0.1) is 68.0 Å². The predicted octanol–water partition coefficient (Wildman–Crippen LogP) is 7.55. The highest BCUT2D eigenvalue weighted by molar-refractivity contribution is 5.20. The van der Waals surface area contributed by atoms with Crippen molar-refractivity contribution in [1.29, 1.82) is 0 Å². The Labute approximate surface area is 281 Å². The van der Waals surface area contributed by atoms with Gasteiger partial charge in [0.2, 0.25) is 5.41 Å². The summed E-state index contributed by atoms with van der Waals surface area (Å²) in [6.07, 6.45) is -14.8. The van der Waals surface area contributed by atoms with Crippen LogP contribution in [0.5, 0.6) is 0 Å². The molecule has 5 rings (SSSR count). The van der Waals surface area contributed by atoms with Crippen molar-refractivity contribution in [1.82, 2.24) is 0 Å². The third kappa shape index (κ3) is 5.17. The van der Waals surface area contributed by atoms with Gasteiger partial charge in [0.05, 0.1) is 6.10 Å². The normalized spacial score (nSPS) is 43.9. The molecule has 0 bridgehead atoms. The van der Waals surface area contributed by atoms with Crippen molar-refractivity contribution in [2.24, 2.45) is 68.0 Å². The van der Waals surface area contributed by atoms with E-state index in [0.29, 0.717) is 36.5 Å². The van der Waals surface area contributed by atoms with E-state index in [0.717, 1.165) is 51.4 Å². The molecule has 48 heavy (non-hydrogen) atoms. The zero-order valence-corrected chi connectivity index (χ0v) is 29.5. The molecule has 0 heterocycles. The molecule has 5 saturated carbocycles. The van der Waals surface area contributed by atoms with Gasteiger partial charge in [-0.3, -0.25) is 0 Å². The van der Waals surface area contributed by atoms with Crippen LogP contribution in [0.1, 0.15) is 119 Å². The van der Waals surface area contributed by atoms with Crippen molar-refractivity contribution in [2.75, 3.05) is 0 Å². The second-order valence-electron chi connectivity index (χ2n) is 18.2. The Morgan fingerprint density at radius 3 is 1.81 bits per heavy atom. The van der Waals surface area contributed by atoms with Crippen LogP contribution in [-0.4, -0.2) is 62.9 Å². The SMILES string of the molecule is CC(C)C1CCC2(C(O)O)CC[C@@]3(C)C(CCC4C5(C)CCC(OC(O)CC(C(O)O)(C(F)(F)F)C(F)(F)F)C(C)(C)C5CCC43C)C12. The van der Waals surface area contributed by atoms with Gasteiger partial charge < -0.3 is 30.3 Å². The molecule has 0 saturated heterocycles. The fraction of sp³-hybridized carbons (Fsp3) is 1.00. The average Bonchev–Trinajstić information content (AvgIpc) is 3.34. The highest BCUT2D eigenvalue weighted by atomic mass is 19.4. The van der Waals surface area contributed by atoms with Crippen LogP contribution in [0.3, 0.4) is 0 Å². The van der Waals surface area contributed by atoms with Crippen LogP contribution in [0.4, 0.5) is 26.3 Å². The quantitative estimate of drug-likeness (QED) is 0.139. The van der Waals surface area contributed by atoms with E-state index in [9.17, 15) is 51.9 Å². The van der Waals surface area contributed by atoms with Crippen molar-refractivity contribution >= 4 is 0 Å². The molecular weight excluding hydrogens is 642 g/mol. The van der Waals surface area contributed by atoms with E-state index in [1.807, 2.05) is 13.8 Å². The third-order valence-electron chi connectivity index (χ3n) is 16.1. The summed E-state index contributed by atoms with van der Waals surface area (Å²) in [6.45, 7) is 15.5. The Morgan fingerprint density at radius 2 is 1.29 bits per heavy atom. The van der Waals surface area contributed by atoms with Crippen LogP contribution >= 0.6 is 0 Å². The molecule has 0 aliphatic heterocycles. The number of fused-ring (bicyclic) bond motifs is 7. The van der Waals surface area contributed by atoms with E-state index in [4.69, 9.17) is 4.74 Å². The summed E-state index contributed by atoms with van der Waals surface area (Å²) >= 11 is 0.